The van der Waals surface area contributed by atoms with Crippen LogP contribution in [0.1, 0.15) is 20.8 Å². The van der Waals surface area contributed by atoms with Gasteiger partial charge in [-0.3, -0.25) is 5.43 Å². The van der Waals surface area contributed by atoms with Crippen LogP contribution in [0.15, 0.2) is 23.6 Å². The fourth-order valence-corrected chi connectivity index (χ4v) is 2.13. The zero-order valence-corrected chi connectivity index (χ0v) is 11.9. The summed E-state index contributed by atoms with van der Waals surface area (Å²) in [4.78, 5) is 12.8. The lowest BCUT2D eigenvalue weighted by atomic mass is 10.2. The largest absolute Gasteiger partial charge is 0.292 e. The fraction of sp³-hybridized carbons (Fsp3) is 0.455. The van der Waals surface area contributed by atoms with Gasteiger partial charge < -0.3 is 0 Å². The highest BCUT2D eigenvalue weighted by molar-refractivity contribution is 7.99. The predicted octanol–water partition coefficient (Wildman–Crippen LogP) is 1.48. The molecule has 8 heteroatoms. The summed E-state index contributed by atoms with van der Waals surface area (Å²) in [5.41, 5.74) is 2.46. The second kappa shape index (κ2) is 5.98. The smallest absolute Gasteiger partial charge is 0.256 e. The van der Waals surface area contributed by atoms with Crippen LogP contribution in [0.3, 0.4) is 0 Å². The number of nitrogens with one attached hydrogen (secondary N) is 1. The Labute approximate surface area is 116 Å². The summed E-state index contributed by atoms with van der Waals surface area (Å²) >= 11 is 1.59. The molecule has 2 heterocycles. The average Bonchev–Trinajstić information content (AvgIpc) is 2.92. The molecule has 0 aromatic carbocycles. The molecule has 0 aliphatic rings. The van der Waals surface area contributed by atoms with E-state index in [9.17, 15) is 0 Å². The topological polar surface area (TPSA) is 94.5 Å². The van der Waals surface area contributed by atoms with Gasteiger partial charge >= 0.3 is 0 Å². The highest BCUT2D eigenvalue weighted by Gasteiger charge is 2.14. The van der Waals surface area contributed by atoms with Gasteiger partial charge in [0, 0.05) is 17.6 Å². The van der Waals surface area contributed by atoms with E-state index in [2.05, 4.69) is 46.2 Å². The highest BCUT2D eigenvalue weighted by Crippen LogP contribution is 2.25. The van der Waals surface area contributed by atoms with Gasteiger partial charge in [-0.15, -0.1) is 0 Å². The van der Waals surface area contributed by atoms with Crippen molar-refractivity contribution in [1.82, 2.24) is 24.7 Å². The molecule has 0 aliphatic heterocycles. The number of rotatable bonds is 5. The van der Waals surface area contributed by atoms with Crippen molar-refractivity contribution in [2.45, 2.75) is 31.2 Å². The molecule has 0 saturated heterocycles. The molecule has 0 aliphatic carbocycles. The summed E-state index contributed by atoms with van der Waals surface area (Å²) < 4.78 is 1.58. The fourth-order valence-electron chi connectivity index (χ4n) is 1.26. The molecule has 0 saturated carbocycles. The number of hydrogen-bond acceptors (Lipinski definition) is 7. The first-order valence-corrected chi connectivity index (χ1v) is 6.87. The summed E-state index contributed by atoms with van der Waals surface area (Å²) in [5.74, 6) is 6.70. The van der Waals surface area contributed by atoms with Crippen molar-refractivity contribution in [2.24, 2.45) is 11.8 Å². The van der Waals surface area contributed by atoms with Crippen LogP contribution in [0.2, 0.25) is 0 Å². The van der Waals surface area contributed by atoms with Gasteiger partial charge in [-0.25, -0.2) is 10.5 Å². The monoisotopic (exact) mass is 279 g/mol. The molecule has 2 aromatic rings. The van der Waals surface area contributed by atoms with Crippen molar-refractivity contribution in [3.63, 3.8) is 0 Å². The van der Waals surface area contributed by atoms with Gasteiger partial charge in [0.1, 0.15) is 0 Å². The lowest BCUT2D eigenvalue weighted by molar-refractivity contribution is 0.639. The van der Waals surface area contributed by atoms with Gasteiger partial charge in [0.2, 0.25) is 5.95 Å². The predicted molar refractivity (Wildman–Crippen MR) is 74.9 cm³/mol. The molecule has 2 rings (SSSR count). The van der Waals surface area contributed by atoms with Gasteiger partial charge in [0.15, 0.2) is 5.16 Å². The first-order chi connectivity index (χ1) is 9.10. The van der Waals surface area contributed by atoms with E-state index in [0.29, 0.717) is 28.2 Å². The van der Waals surface area contributed by atoms with Crippen molar-refractivity contribution in [1.29, 1.82) is 0 Å². The van der Waals surface area contributed by atoms with Crippen LogP contribution in [-0.4, -0.2) is 30.0 Å². The number of hydrogen-bond donors (Lipinski definition) is 2. The number of anilines is 1. The first kappa shape index (κ1) is 13.8. The van der Waals surface area contributed by atoms with Crippen molar-refractivity contribution < 1.29 is 0 Å². The minimum atomic E-state index is 0.332. The Hall–Kier alpha value is -1.67. The SMILES string of the molecule is CC(C)C(C)Sc1nc(NN)nc(-n2cccn2)n1. The summed E-state index contributed by atoms with van der Waals surface area (Å²) in [6, 6.07) is 1.81. The van der Waals surface area contributed by atoms with E-state index in [1.807, 2.05) is 6.07 Å². The van der Waals surface area contributed by atoms with Crippen molar-refractivity contribution in [3.05, 3.63) is 18.5 Å². The van der Waals surface area contributed by atoms with Crippen LogP contribution in [0, 0.1) is 5.92 Å². The van der Waals surface area contributed by atoms with E-state index < -0.39 is 0 Å². The second-order valence-electron chi connectivity index (χ2n) is 4.40. The Morgan fingerprint density at radius 1 is 1.26 bits per heavy atom. The summed E-state index contributed by atoms with van der Waals surface area (Å²) in [5, 5.41) is 5.14. The third-order valence-electron chi connectivity index (χ3n) is 2.67. The third kappa shape index (κ3) is 3.42. The average molecular weight is 279 g/mol. The minimum absolute atomic E-state index is 0.332. The Kier molecular flexibility index (Phi) is 4.33. The molecule has 1 atom stereocenters. The maximum Gasteiger partial charge on any atom is 0.256 e. The highest BCUT2D eigenvalue weighted by atomic mass is 32.2. The Morgan fingerprint density at radius 2 is 2.05 bits per heavy atom. The van der Waals surface area contributed by atoms with Crippen molar-refractivity contribution in [2.75, 3.05) is 5.43 Å². The van der Waals surface area contributed by atoms with Gasteiger partial charge in [0.05, 0.1) is 0 Å². The molecule has 0 bridgehead atoms. The summed E-state index contributed by atoms with van der Waals surface area (Å²) in [6.45, 7) is 6.47. The number of aromatic nitrogens is 5. The van der Waals surface area contributed by atoms with E-state index in [1.165, 1.54) is 0 Å². The van der Waals surface area contributed by atoms with Gasteiger partial charge in [-0.1, -0.05) is 32.5 Å². The minimum Gasteiger partial charge on any atom is -0.292 e. The van der Waals surface area contributed by atoms with Crippen LogP contribution < -0.4 is 11.3 Å². The molecule has 0 fully saturated rings. The van der Waals surface area contributed by atoms with Crippen LogP contribution in [0.4, 0.5) is 5.95 Å². The first-order valence-electron chi connectivity index (χ1n) is 5.99. The molecule has 7 nitrogen and oxygen atoms in total. The van der Waals surface area contributed by atoms with Gasteiger partial charge in [0.25, 0.3) is 5.95 Å². The standard InChI is InChI=1S/C11H17N7S/c1-7(2)8(3)19-11-15-9(17-12)14-10(16-11)18-6-4-5-13-18/h4-8H,12H2,1-3H3,(H,14,15,16,17). The number of thioether (sulfide) groups is 1. The van der Waals surface area contributed by atoms with E-state index in [0.717, 1.165) is 0 Å². The van der Waals surface area contributed by atoms with E-state index in [-0.39, 0.29) is 0 Å². The van der Waals surface area contributed by atoms with Crippen LogP contribution >= 0.6 is 11.8 Å². The Morgan fingerprint density at radius 3 is 2.63 bits per heavy atom. The molecular formula is C11H17N7S. The quantitative estimate of drug-likeness (QED) is 0.486. The summed E-state index contributed by atoms with van der Waals surface area (Å²) in [6.07, 6.45) is 3.44. The van der Waals surface area contributed by atoms with Crippen LogP contribution in [0.5, 0.6) is 0 Å². The molecule has 2 aromatic heterocycles. The second-order valence-corrected chi connectivity index (χ2v) is 5.75. The Bertz CT molecular complexity index is 526. The molecule has 1 unspecified atom stereocenters. The van der Waals surface area contributed by atoms with E-state index in [1.54, 1.807) is 28.8 Å². The third-order valence-corrected chi connectivity index (χ3v) is 3.98. The summed E-state index contributed by atoms with van der Waals surface area (Å²) in [7, 11) is 0. The van der Waals surface area contributed by atoms with Crippen LogP contribution in [-0.2, 0) is 0 Å². The van der Waals surface area contributed by atoms with Gasteiger partial charge in [-0.05, 0) is 12.0 Å². The Balaban J connectivity index is 2.31. The van der Waals surface area contributed by atoms with Crippen molar-refractivity contribution in [3.8, 4) is 5.95 Å². The normalized spacial score (nSPS) is 12.7. The molecule has 3 N–H and O–H groups in total. The van der Waals surface area contributed by atoms with E-state index in [4.69, 9.17) is 5.84 Å². The molecular weight excluding hydrogens is 262 g/mol. The maximum absolute atomic E-state index is 5.39. The van der Waals surface area contributed by atoms with E-state index >= 15 is 0 Å². The lowest BCUT2D eigenvalue weighted by Gasteiger charge is -2.14. The molecule has 19 heavy (non-hydrogen) atoms. The zero-order chi connectivity index (χ0) is 13.8. The molecule has 102 valence electrons. The van der Waals surface area contributed by atoms with Crippen LogP contribution in [0.25, 0.3) is 5.95 Å². The molecule has 0 amide bonds. The lowest BCUT2D eigenvalue weighted by Crippen LogP contribution is -2.15. The number of nitrogen functional groups attached to an aromatic ring is 1. The molecule has 0 radical (unpaired) electrons. The van der Waals surface area contributed by atoms with Gasteiger partial charge in [-0.2, -0.15) is 20.1 Å². The number of hydrazine groups is 1. The zero-order valence-electron chi connectivity index (χ0n) is 11.1. The maximum atomic E-state index is 5.39. The number of nitrogens with two attached hydrogens (primary N) is 1. The van der Waals surface area contributed by atoms with Crippen molar-refractivity contribution >= 4 is 17.7 Å². The number of nitrogens with zero attached hydrogens (tertiary/aromatic N) is 5. The molecule has 0 spiro atoms.